The highest BCUT2D eigenvalue weighted by Gasteiger charge is 2.51. The zero-order chi connectivity index (χ0) is 20.7. The number of anilines is 1. The van der Waals surface area contributed by atoms with Crippen LogP contribution in [0.3, 0.4) is 0 Å². The van der Waals surface area contributed by atoms with E-state index in [1.54, 1.807) is 6.08 Å². The van der Waals surface area contributed by atoms with Gasteiger partial charge in [-0.2, -0.15) is 0 Å². The van der Waals surface area contributed by atoms with Gasteiger partial charge >= 0.3 is 0 Å². The van der Waals surface area contributed by atoms with Crippen molar-refractivity contribution in [2.24, 2.45) is 5.92 Å². The average molecular weight is 401 g/mol. The Kier molecular flexibility index (Phi) is 5.02. The van der Waals surface area contributed by atoms with E-state index in [2.05, 4.69) is 42.6 Å². The third kappa shape index (κ3) is 3.20. The zero-order valence-corrected chi connectivity index (χ0v) is 18.2. The summed E-state index contributed by atoms with van der Waals surface area (Å²) in [6, 6.07) is 15.5. The van der Waals surface area contributed by atoms with Crippen molar-refractivity contribution >= 4 is 17.7 Å². The quantitative estimate of drug-likeness (QED) is 0.734. The minimum atomic E-state index is 0.0336. The van der Waals surface area contributed by atoms with Crippen LogP contribution < -0.4 is 10.2 Å². The predicted octanol–water partition coefficient (Wildman–Crippen LogP) is 5.02. The molecule has 1 amide bonds. The maximum atomic E-state index is 13.0. The molecule has 5 rings (SSSR count). The fraction of sp³-hybridized carbons (Fsp3) is 0.444. The van der Waals surface area contributed by atoms with Crippen molar-refractivity contribution < 1.29 is 4.79 Å². The van der Waals surface area contributed by atoms with E-state index >= 15 is 0 Å². The van der Waals surface area contributed by atoms with Gasteiger partial charge in [0.25, 0.3) is 5.91 Å². The molecular weight excluding hydrogens is 368 g/mol. The number of benzene rings is 2. The largest absolute Gasteiger partial charge is 0.313 e. The van der Waals surface area contributed by atoms with E-state index in [9.17, 15) is 4.79 Å². The summed E-state index contributed by atoms with van der Waals surface area (Å²) in [5.41, 5.74) is 6.60. The Balaban J connectivity index is 1.47. The van der Waals surface area contributed by atoms with E-state index in [1.165, 1.54) is 48.8 Å². The first-order chi connectivity index (χ1) is 14.6. The molecule has 1 aliphatic heterocycles. The molecule has 3 nitrogen and oxygen atoms in total. The van der Waals surface area contributed by atoms with Gasteiger partial charge in [-0.25, -0.2) is 0 Å². The Bertz CT molecular complexity index is 990. The van der Waals surface area contributed by atoms with Crippen LogP contribution in [0.5, 0.6) is 0 Å². The third-order valence-electron chi connectivity index (χ3n) is 7.83. The van der Waals surface area contributed by atoms with Crippen LogP contribution >= 0.6 is 0 Å². The van der Waals surface area contributed by atoms with Crippen molar-refractivity contribution in [2.75, 3.05) is 18.5 Å². The van der Waals surface area contributed by atoms with Crippen LogP contribution in [0, 0.1) is 12.8 Å². The van der Waals surface area contributed by atoms with E-state index in [0.29, 0.717) is 11.5 Å². The predicted molar refractivity (Wildman–Crippen MR) is 124 cm³/mol. The number of hydrogen-bond donors (Lipinski definition) is 1. The van der Waals surface area contributed by atoms with E-state index in [-0.39, 0.29) is 5.91 Å². The van der Waals surface area contributed by atoms with Crippen LogP contribution in [-0.2, 0) is 16.6 Å². The first kappa shape index (κ1) is 19.6. The first-order valence-electron chi connectivity index (χ1n) is 11.5. The van der Waals surface area contributed by atoms with Crippen LogP contribution in [-0.4, -0.2) is 25.5 Å². The Morgan fingerprint density at radius 1 is 1.17 bits per heavy atom. The van der Waals surface area contributed by atoms with Gasteiger partial charge in [0, 0.05) is 30.3 Å². The molecule has 1 N–H and O–H groups in total. The number of amides is 1. The summed E-state index contributed by atoms with van der Waals surface area (Å²) in [6.45, 7) is 3.20. The van der Waals surface area contributed by atoms with E-state index in [4.69, 9.17) is 0 Å². The van der Waals surface area contributed by atoms with Crippen molar-refractivity contribution in [3.05, 3.63) is 70.8 Å². The number of fused-ring (bicyclic) bond motifs is 1. The molecule has 3 atom stereocenters. The van der Waals surface area contributed by atoms with Crippen molar-refractivity contribution in [3.63, 3.8) is 0 Å². The van der Waals surface area contributed by atoms with Gasteiger partial charge < -0.3 is 10.2 Å². The number of nitrogens with zero attached hydrogens (tertiary/aromatic N) is 1. The molecule has 0 spiro atoms. The van der Waals surface area contributed by atoms with Gasteiger partial charge in [-0.05, 0) is 73.9 Å². The Hall–Kier alpha value is -2.39. The van der Waals surface area contributed by atoms with Crippen LogP contribution in [0.2, 0.25) is 0 Å². The first-order valence-corrected chi connectivity index (χ1v) is 11.5. The molecular formula is C27H32N2O. The lowest BCUT2D eigenvalue weighted by molar-refractivity contribution is -0.113. The van der Waals surface area contributed by atoms with Gasteiger partial charge in [-0.3, -0.25) is 4.79 Å². The van der Waals surface area contributed by atoms with Gasteiger partial charge in [0.15, 0.2) is 0 Å². The number of nitrogens with one attached hydrogen (secondary N) is 1. The Morgan fingerprint density at radius 2 is 2.03 bits per heavy atom. The molecule has 1 heterocycles. The molecule has 0 unspecified atom stereocenters. The molecule has 2 aromatic rings. The van der Waals surface area contributed by atoms with Gasteiger partial charge in [0.1, 0.15) is 0 Å². The SMILES string of the molecule is Cc1cccc(C=CC(=O)N(C)c2cccc3c2C[C@H]2NCC[C@@]34CCCC[C@@H]24)c1. The molecule has 0 radical (unpaired) electrons. The lowest BCUT2D eigenvalue weighted by Crippen LogP contribution is -2.59. The van der Waals surface area contributed by atoms with E-state index < -0.39 is 0 Å². The molecule has 3 heteroatoms. The second-order valence-electron chi connectivity index (χ2n) is 9.47. The third-order valence-corrected chi connectivity index (χ3v) is 7.83. The molecule has 2 aliphatic carbocycles. The number of carbonyl (C=O) groups excluding carboxylic acids is 1. The van der Waals surface area contributed by atoms with Crippen LogP contribution in [0.4, 0.5) is 5.69 Å². The van der Waals surface area contributed by atoms with Gasteiger partial charge in [-0.1, -0.05) is 54.8 Å². The van der Waals surface area contributed by atoms with Crippen molar-refractivity contribution in [3.8, 4) is 0 Å². The Morgan fingerprint density at radius 3 is 2.90 bits per heavy atom. The van der Waals surface area contributed by atoms with Crippen LogP contribution in [0.1, 0.15) is 54.4 Å². The van der Waals surface area contributed by atoms with E-state index in [1.807, 2.05) is 30.2 Å². The second-order valence-corrected chi connectivity index (χ2v) is 9.47. The molecule has 1 saturated carbocycles. The lowest BCUT2D eigenvalue weighted by atomic mass is 9.52. The highest BCUT2D eigenvalue weighted by molar-refractivity contribution is 6.04. The molecule has 2 aromatic carbocycles. The summed E-state index contributed by atoms with van der Waals surface area (Å²) in [5, 5.41) is 3.82. The number of carbonyl (C=O) groups is 1. The fourth-order valence-electron chi connectivity index (χ4n) is 6.43. The van der Waals surface area contributed by atoms with Gasteiger partial charge in [0.2, 0.25) is 0 Å². The number of likely N-dealkylation sites (N-methyl/N-ethyl adjacent to an activating group) is 1. The number of rotatable bonds is 3. The molecule has 2 fully saturated rings. The average Bonchev–Trinajstić information content (AvgIpc) is 2.76. The summed E-state index contributed by atoms with van der Waals surface area (Å²) in [6.07, 6.45) is 11.2. The number of hydrogen-bond acceptors (Lipinski definition) is 2. The molecule has 0 aromatic heterocycles. The summed E-state index contributed by atoms with van der Waals surface area (Å²) in [5.74, 6) is 0.788. The van der Waals surface area contributed by atoms with Crippen molar-refractivity contribution in [2.45, 2.75) is 56.9 Å². The van der Waals surface area contributed by atoms with Gasteiger partial charge in [0.05, 0.1) is 0 Å². The summed E-state index contributed by atoms with van der Waals surface area (Å²) in [4.78, 5) is 14.9. The summed E-state index contributed by atoms with van der Waals surface area (Å²) >= 11 is 0. The van der Waals surface area contributed by atoms with E-state index in [0.717, 1.165) is 30.1 Å². The molecule has 2 bridgehead atoms. The standard InChI is InChI=1S/C27H32N2O/c1-19-7-5-8-20(17-19)12-13-26(30)29(2)25-11-6-10-22-21(25)18-24-23-9-3-4-14-27(22,23)15-16-28-24/h5-8,10-13,17,23-24,28H,3-4,9,14-16,18H2,1-2H3/t23-,24+,27-/m0/s1. The number of aryl methyl sites for hydroxylation is 1. The van der Waals surface area contributed by atoms with Gasteiger partial charge in [-0.15, -0.1) is 0 Å². The van der Waals surface area contributed by atoms with Crippen molar-refractivity contribution in [1.29, 1.82) is 0 Å². The monoisotopic (exact) mass is 400 g/mol. The number of piperidine rings is 1. The highest BCUT2D eigenvalue weighted by atomic mass is 16.2. The lowest BCUT2D eigenvalue weighted by Gasteiger charge is -2.56. The second kappa shape index (κ2) is 7.70. The maximum absolute atomic E-state index is 13.0. The highest BCUT2D eigenvalue weighted by Crippen LogP contribution is 2.55. The fourth-order valence-corrected chi connectivity index (χ4v) is 6.43. The van der Waals surface area contributed by atoms with Crippen molar-refractivity contribution in [1.82, 2.24) is 5.32 Å². The summed E-state index contributed by atoms with van der Waals surface area (Å²) in [7, 11) is 1.92. The minimum absolute atomic E-state index is 0.0336. The summed E-state index contributed by atoms with van der Waals surface area (Å²) < 4.78 is 0. The maximum Gasteiger partial charge on any atom is 0.250 e. The molecule has 156 valence electrons. The molecule has 3 aliphatic rings. The normalized spacial score (nSPS) is 27.4. The zero-order valence-electron chi connectivity index (χ0n) is 18.2. The molecule has 1 saturated heterocycles. The topological polar surface area (TPSA) is 32.3 Å². The minimum Gasteiger partial charge on any atom is -0.313 e. The molecule has 30 heavy (non-hydrogen) atoms. The van der Waals surface area contributed by atoms with Crippen LogP contribution in [0.25, 0.3) is 6.08 Å². The van der Waals surface area contributed by atoms with Crippen LogP contribution in [0.15, 0.2) is 48.5 Å². The Labute approximate surface area is 180 Å². The smallest absolute Gasteiger partial charge is 0.250 e.